The van der Waals surface area contributed by atoms with Crippen molar-refractivity contribution in [3.63, 3.8) is 0 Å². The molecular weight excluding hydrogens is 382 g/mol. The van der Waals surface area contributed by atoms with E-state index in [1.165, 1.54) is 11.3 Å². The summed E-state index contributed by atoms with van der Waals surface area (Å²) < 4.78 is 1.01. The molecular formula is C23H33N3O2S. The zero-order valence-electron chi connectivity index (χ0n) is 18.0. The SMILES string of the molecule is CC(=O)N(C(CC1CCNCC1)C(=O)c1nc2ccccc2s1)[C@@H](C)CC(C)C. The predicted molar refractivity (Wildman–Crippen MR) is 119 cm³/mol. The maximum absolute atomic E-state index is 13.7. The van der Waals surface area contributed by atoms with E-state index in [4.69, 9.17) is 0 Å². The van der Waals surface area contributed by atoms with Crippen molar-refractivity contribution in [2.75, 3.05) is 13.1 Å². The third-order valence-electron chi connectivity index (χ3n) is 5.81. The molecule has 1 amide bonds. The number of amides is 1. The van der Waals surface area contributed by atoms with E-state index in [2.05, 4.69) is 31.1 Å². The van der Waals surface area contributed by atoms with Gasteiger partial charge in [-0.2, -0.15) is 0 Å². The fraction of sp³-hybridized carbons (Fsp3) is 0.609. The van der Waals surface area contributed by atoms with E-state index in [0.717, 1.165) is 49.0 Å². The Morgan fingerprint density at radius 1 is 1.21 bits per heavy atom. The second-order valence-electron chi connectivity index (χ2n) is 8.70. The highest BCUT2D eigenvalue weighted by molar-refractivity contribution is 7.20. The average Bonchev–Trinajstić information content (AvgIpc) is 3.11. The topological polar surface area (TPSA) is 62.3 Å². The van der Waals surface area contributed by atoms with Gasteiger partial charge in [0.05, 0.1) is 16.3 Å². The minimum absolute atomic E-state index is 0.00413. The number of Topliss-reactive ketones (excluding diaryl/α,β-unsaturated/α-hetero) is 1. The monoisotopic (exact) mass is 415 g/mol. The van der Waals surface area contributed by atoms with Gasteiger partial charge in [0.1, 0.15) is 0 Å². The smallest absolute Gasteiger partial charge is 0.220 e. The van der Waals surface area contributed by atoms with Crippen LogP contribution in [0.25, 0.3) is 10.2 Å². The first-order valence-corrected chi connectivity index (χ1v) is 11.6. The number of benzene rings is 1. The molecule has 1 aromatic heterocycles. The van der Waals surface area contributed by atoms with Crippen molar-refractivity contribution in [1.29, 1.82) is 0 Å². The number of piperidine rings is 1. The van der Waals surface area contributed by atoms with Crippen LogP contribution in [0.5, 0.6) is 0 Å². The number of carbonyl (C=O) groups excluding carboxylic acids is 2. The van der Waals surface area contributed by atoms with Crippen LogP contribution in [-0.2, 0) is 4.79 Å². The number of rotatable bonds is 8. The van der Waals surface area contributed by atoms with Gasteiger partial charge in [-0.05, 0) is 69.7 Å². The van der Waals surface area contributed by atoms with Crippen LogP contribution < -0.4 is 5.32 Å². The first kappa shape index (κ1) is 21.9. The number of ketones is 1. The number of thiazole rings is 1. The van der Waals surface area contributed by atoms with Gasteiger partial charge >= 0.3 is 0 Å². The molecule has 1 aromatic carbocycles. The summed E-state index contributed by atoms with van der Waals surface area (Å²) >= 11 is 1.44. The number of nitrogens with zero attached hydrogens (tertiary/aromatic N) is 2. The molecule has 3 rings (SSSR count). The van der Waals surface area contributed by atoms with Crippen LogP contribution in [0, 0.1) is 11.8 Å². The van der Waals surface area contributed by atoms with E-state index in [9.17, 15) is 9.59 Å². The minimum Gasteiger partial charge on any atom is -0.330 e. The molecule has 1 N–H and O–H groups in total. The molecule has 1 aliphatic heterocycles. The fourth-order valence-corrected chi connectivity index (χ4v) is 5.49. The summed E-state index contributed by atoms with van der Waals surface area (Å²) in [6.45, 7) is 9.95. The molecule has 0 bridgehead atoms. The van der Waals surface area contributed by atoms with Gasteiger partial charge in [0.15, 0.2) is 5.01 Å². The van der Waals surface area contributed by atoms with E-state index in [0.29, 0.717) is 16.8 Å². The summed E-state index contributed by atoms with van der Waals surface area (Å²) in [5.41, 5.74) is 0.853. The molecule has 5 nitrogen and oxygen atoms in total. The fourth-order valence-electron chi connectivity index (χ4n) is 4.53. The standard InChI is InChI=1S/C23H33N3O2S/c1-15(2)13-16(3)26(17(4)27)20(14-18-9-11-24-12-10-18)22(28)23-25-19-7-5-6-8-21(19)29-23/h5-8,15-16,18,20,24H,9-14H2,1-4H3/t16-,20?/m0/s1. The van der Waals surface area contributed by atoms with Crippen LogP contribution in [0.2, 0.25) is 0 Å². The zero-order chi connectivity index (χ0) is 21.0. The van der Waals surface area contributed by atoms with E-state index >= 15 is 0 Å². The second kappa shape index (κ2) is 9.81. The molecule has 0 spiro atoms. The Bertz CT molecular complexity index is 809. The summed E-state index contributed by atoms with van der Waals surface area (Å²) in [4.78, 5) is 32.8. The molecule has 0 saturated carbocycles. The summed E-state index contributed by atoms with van der Waals surface area (Å²) in [5, 5.41) is 3.91. The number of fused-ring (bicyclic) bond motifs is 1. The van der Waals surface area contributed by atoms with E-state index in [1.807, 2.05) is 29.2 Å². The van der Waals surface area contributed by atoms with Gasteiger partial charge in [-0.1, -0.05) is 26.0 Å². The van der Waals surface area contributed by atoms with Crippen molar-refractivity contribution in [1.82, 2.24) is 15.2 Å². The van der Waals surface area contributed by atoms with Gasteiger partial charge in [-0.25, -0.2) is 4.98 Å². The van der Waals surface area contributed by atoms with Gasteiger partial charge in [0.25, 0.3) is 0 Å². The lowest BCUT2D eigenvalue weighted by molar-refractivity contribution is -0.133. The number of para-hydroxylation sites is 1. The van der Waals surface area contributed by atoms with Crippen LogP contribution >= 0.6 is 11.3 Å². The summed E-state index contributed by atoms with van der Waals surface area (Å²) in [5.74, 6) is 0.888. The van der Waals surface area contributed by atoms with Crippen molar-refractivity contribution in [3.8, 4) is 0 Å². The van der Waals surface area contributed by atoms with E-state index in [-0.39, 0.29) is 17.7 Å². The van der Waals surface area contributed by atoms with E-state index in [1.54, 1.807) is 6.92 Å². The number of hydrogen-bond donors (Lipinski definition) is 1. The summed E-state index contributed by atoms with van der Waals surface area (Å²) in [6, 6.07) is 7.43. The molecule has 2 atom stereocenters. The van der Waals surface area contributed by atoms with Crippen molar-refractivity contribution in [3.05, 3.63) is 29.3 Å². The average molecular weight is 416 g/mol. The molecule has 6 heteroatoms. The Morgan fingerprint density at radius 3 is 2.52 bits per heavy atom. The molecule has 1 unspecified atom stereocenters. The van der Waals surface area contributed by atoms with E-state index < -0.39 is 6.04 Å². The van der Waals surface area contributed by atoms with Crippen LogP contribution in [0.3, 0.4) is 0 Å². The third-order valence-corrected chi connectivity index (χ3v) is 6.86. The molecule has 0 aliphatic carbocycles. The van der Waals surface area contributed by atoms with Gasteiger partial charge < -0.3 is 10.2 Å². The minimum atomic E-state index is -0.440. The van der Waals surface area contributed by atoms with Crippen LogP contribution in [0.4, 0.5) is 0 Å². The van der Waals surface area contributed by atoms with Gasteiger partial charge in [0, 0.05) is 13.0 Å². The highest BCUT2D eigenvalue weighted by atomic mass is 32.1. The first-order valence-electron chi connectivity index (χ1n) is 10.8. The van der Waals surface area contributed by atoms with Crippen LogP contribution in [0.15, 0.2) is 24.3 Å². The molecule has 0 radical (unpaired) electrons. The maximum Gasteiger partial charge on any atom is 0.220 e. The third kappa shape index (κ3) is 5.43. The van der Waals surface area contributed by atoms with Crippen molar-refractivity contribution >= 4 is 33.2 Å². The summed E-state index contributed by atoms with van der Waals surface area (Å²) in [7, 11) is 0. The van der Waals surface area contributed by atoms with Crippen molar-refractivity contribution in [2.45, 2.75) is 65.5 Å². The number of carbonyl (C=O) groups is 2. The summed E-state index contributed by atoms with van der Waals surface area (Å²) in [6.07, 6.45) is 3.70. The lowest BCUT2D eigenvalue weighted by Gasteiger charge is -2.38. The highest BCUT2D eigenvalue weighted by Gasteiger charge is 2.36. The van der Waals surface area contributed by atoms with Gasteiger partial charge in [-0.15, -0.1) is 11.3 Å². The second-order valence-corrected chi connectivity index (χ2v) is 9.73. The number of aromatic nitrogens is 1. The Balaban J connectivity index is 1.93. The van der Waals surface area contributed by atoms with Crippen molar-refractivity contribution < 1.29 is 9.59 Å². The normalized spacial score (nSPS) is 17.4. The lowest BCUT2D eigenvalue weighted by Crippen LogP contribution is -2.50. The zero-order valence-corrected chi connectivity index (χ0v) is 18.8. The van der Waals surface area contributed by atoms with Gasteiger partial charge in [-0.3, -0.25) is 9.59 Å². The highest BCUT2D eigenvalue weighted by Crippen LogP contribution is 2.29. The molecule has 1 saturated heterocycles. The van der Waals surface area contributed by atoms with Crippen LogP contribution in [0.1, 0.15) is 63.2 Å². The number of nitrogens with one attached hydrogen (secondary N) is 1. The molecule has 158 valence electrons. The Hall–Kier alpha value is -1.79. The predicted octanol–water partition coefficient (Wildman–Crippen LogP) is 4.52. The Morgan fingerprint density at radius 2 is 1.90 bits per heavy atom. The Kier molecular flexibility index (Phi) is 7.41. The molecule has 2 heterocycles. The quantitative estimate of drug-likeness (QED) is 0.644. The largest absolute Gasteiger partial charge is 0.330 e. The lowest BCUT2D eigenvalue weighted by atomic mass is 9.88. The molecule has 29 heavy (non-hydrogen) atoms. The molecule has 1 fully saturated rings. The molecule has 1 aliphatic rings. The maximum atomic E-state index is 13.7. The number of hydrogen-bond acceptors (Lipinski definition) is 5. The first-order chi connectivity index (χ1) is 13.9. The Labute approximate surface area is 177 Å². The molecule has 2 aromatic rings. The van der Waals surface area contributed by atoms with Crippen molar-refractivity contribution in [2.24, 2.45) is 11.8 Å². The van der Waals surface area contributed by atoms with Gasteiger partial charge in [0.2, 0.25) is 11.7 Å². The van der Waals surface area contributed by atoms with Crippen LogP contribution in [-0.4, -0.2) is 46.7 Å².